The van der Waals surface area contributed by atoms with Crippen molar-refractivity contribution in [3.63, 3.8) is 0 Å². The van der Waals surface area contributed by atoms with Crippen LogP contribution in [0.25, 0.3) is 16.9 Å². The normalized spacial score (nSPS) is 13.6. The molecular weight excluding hydrogens is 356 g/mol. The van der Waals surface area contributed by atoms with Crippen LogP contribution >= 0.6 is 11.8 Å². The number of nitrogens with one attached hydrogen (secondary N) is 3. The molecule has 0 amide bonds. The molecule has 0 fully saturated rings. The van der Waals surface area contributed by atoms with Crippen molar-refractivity contribution in [3.8, 4) is 11.3 Å². The van der Waals surface area contributed by atoms with Gasteiger partial charge in [0.25, 0.3) is 5.65 Å². The molecule has 0 bridgehead atoms. The van der Waals surface area contributed by atoms with Gasteiger partial charge in [-0.25, -0.2) is 14.4 Å². The second kappa shape index (κ2) is 8.02. The van der Waals surface area contributed by atoms with Crippen molar-refractivity contribution in [2.24, 2.45) is 12.0 Å². The number of aryl methyl sites for hydroxylation is 1. The molecule has 6 nitrogen and oxygen atoms in total. The van der Waals surface area contributed by atoms with E-state index >= 15 is 0 Å². The van der Waals surface area contributed by atoms with E-state index in [2.05, 4.69) is 92.9 Å². The van der Waals surface area contributed by atoms with Crippen LogP contribution in [-0.4, -0.2) is 29.4 Å². The Labute approximate surface area is 163 Å². The molecule has 1 aliphatic rings. The number of hydrogen-bond donors (Lipinski definition) is 3. The molecule has 3 aromatic rings. The average molecular weight is 382 g/mol. The molecule has 1 aromatic carbocycles. The Hall–Kier alpha value is -2.51. The molecule has 140 valence electrons. The number of rotatable bonds is 6. The number of guanidine groups is 1. The van der Waals surface area contributed by atoms with E-state index in [-0.39, 0.29) is 0 Å². The maximum atomic E-state index is 4.29. The number of pyridine rings is 1. The number of fused-ring (bicyclic) bond motifs is 1. The highest BCUT2D eigenvalue weighted by Gasteiger charge is 2.16. The van der Waals surface area contributed by atoms with E-state index in [0.717, 1.165) is 31.3 Å². The van der Waals surface area contributed by atoms with Gasteiger partial charge >= 0.3 is 0 Å². The molecule has 27 heavy (non-hydrogen) atoms. The van der Waals surface area contributed by atoms with Crippen LogP contribution in [-0.2, 0) is 13.6 Å². The fourth-order valence-corrected chi connectivity index (χ4v) is 3.93. The van der Waals surface area contributed by atoms with Gasteiger partial charge in [0.15, 0.2) is 5.69 Å². The molecule has 2 aromatic heterocycles. The van der Waals surface area contributed by atoms with Crippen molar-refractivity contribution in [2.75, 3.05) is 18.8 Å². The number of hydrogen-bond acceptors (Lipinski definition) is 5. The highest BCUT2D eigenvalue weighted by molar-refractivity contribution is 7.99. The van der Waals surface area contributed by atoms with Gasteiger partial charge in [-0.2, -0.15) is 0 Å². The van der Waals surface area contributed by atoms with Crippen LogP contribution < -0.4 is 20.6 Å². The third-order valence-electron chi connectivity index (χ3n) is 4.63. The van der Waals surface area contributed by atoms with Crippen molar-refractivity contribution < 1.29 is 4.40 Å². The van der Waals surface area contributed by atoms with E-state index in [4.69, 9.17) is 0 Å². The standard InChI is InChI=1S/C20H25N6S/c1-3-27-17-8-9-19-25(2)18(14-26(19)13-17)16-6-4-15(5-7-16)12-23-24-20-21-10-11-22-20/h4-9,13-14,23H,3,10-12H2,1-2H3,(H2,21,22,24)/q+1. The Morgan fingerprint density at radius 1 is 1.19 bits per heavy atom. The summed E-state index contributed by atoms with van der Waals surface area (Å²) in [6.45, 7) is 4.66. The topological polar surface area (TPSA) is 57.5 Å². The first kappa shape index (κ1) is 17.9. The Bertz CT molecular complexity index is 961. The van der Waals surface area contributed by atoms with Gasteiger partial charge < -0.3 is 5.32 Å². The Morgan fingerprint density at radius 2 is 2.04 bits per heavy atom. The zero-order chi connectivity index (χ0) is 18.6. The largest absolute Gasteiger partial charge is 0.353 e. The van der Waals surface area contributed by atoms with Gasteiger partial charge in [0.1, 0.15) is 12.4 Å². The van der Waals surface area contributed by atoms with Crippen LogP contribution in [0.4, 0.5) is 0 Å². The fourth-order valence-electron chi connectivity index (χ4n) is 3.24. The molecule has 0 atom stereocenters. The fraction of sp³-hybridized carbons (Fsp3) is 0.300. The van der Waals surface area contributed by atoms with E-state index in [1.807, 2.05) is 11.8 Å². The number of benzene rings is 1. The second-order valence-corrected chi connectivity index (χ2v) is 7.81. The van der Waals surface area contributed by atoms with Gasteiger partial charge in [0.2, 0.25) is 5.96 Å². The zero-order valence-corrected chi connectivity index (χ0v) is 16.5. The second-order valence-electron chi connectivity index (χ2n) is 6.47. The lowest BCUT2D eigenvalue weighted by atomic mass is 10.1. The lowest BCUT2D eigenvalue weighted by molar-refractivity contribution is -0.512. The Morgan fingerprint density at radius 3 is 2.78 bits per heavy atom. The molecule has 1 aliphatic heterocycles. The molecule has 0 unspecified atom stereocenters. The van der Waals surface area contributed by atoms with Gasteiger partial charge in [-0.15, -0.1) is 11.8 Å². The molecule has 3 N–H and O–H groups in total. The minimum Gasteiger partial charge on any atom is -0.353 e. The van der Waals surface area contributed by atoms with E-state index in [9.17, 15) is 0 Å². The van der Waals surface area contributed by atoms with Crippen molar-refractivity contribution in [1.82, 2.24) is 20.7 Å². The molecule has 3 heterocycles. The van der Waals surface area contributed by atoms with Crippen LogP contribution in [0.5, 0.6) is 0 Å². The molecule has 0 saturated carbocycles. The number of aromatic nitrogens is 2. The lowest BCUT2D eigenvalue weighted by Crippen LogP contribution is -2.42. The Balaban J connectivity index is 1.48. The summed E-state index contributed by atoms with van der Waals surface area (Å²) >= 11 is 1.86. The van der Waals surface area contributed by atoms with Gasteiger partial charge in [-0.3, -0.25) is 10.4 Å². The molecule has 4 rings (SSSR count). The average Bonchev–Trinajstić information content (AvgIpc) is 3.31. The molecule has 0 spiro atoms. The van der Waals surface area contributed by atoms with Gasteiger partial charge in [0, 0.05) is 29.6 Å². The molecule has 7 heteroatoms. The maximum Gasteiger partial charge on any atom is 0.286 e. The first-order valence-electron chi connectivity index (χ1n) is 9.24. The maximum absolute atomic E-state index is 4.29. The number of thioether (sulfide) groups is 1. The third-order valence-corrected chi connectivity index (χ3v) is 5.49. The van der Waals surface area contributed by atoms with E-state index in [1.165, 1.54) is 27.4 Å². The highest BCUT2D eigenvalue weighted by Crippen LogP contribution is 2.22. The number of aliphatic imine (C=N–C) groups is 1. The van der Waals surface area contributed by atoms with Crippen LogP contribution in [0, 0.1) is 0 Å². The molecular formula is C20H25N6S+. The number of imidazole rings is 1. The van der Waals surface area contributed by atoms with Crippen LogP contribution in [0.15, 0.2) is 58.7 Å². The van der Waals surface area contributed by atoms with E-state index < -0.39 is 0 Å². The van der Waals surface area contributed by atoms with Crippen LogP contribution in [0.2, 0.25) is 0 Å². The predicted octanol–water partition coefficient (Wildman–Crippen LogP) is 2.10. The monoisotopic (exact) mass is 381 g/mol. The van der Waals surface area contributed by atoms with Crippen LogP contribution in [0.1, 0.15) is 12.5 Å². The minimum absolute atomic E-state index is 0.739. The summed E-state index contributed by atoms with van der Waals surface area (Å²) in [6, 6.07) is 13.1. The summed E-state index contributed by atoms with van der Waals surface area (Å²) in [7, 11) is 2.12. The summed E-state index contributed by atoms with van der Waals surface area (Å²) in [5.74, 6) is 1.90. The first-order valence-corrected chi connectivity index (χ1v) is 10.2. The molecule has 0 radical (unpaired) electrons. The Kier molecular flexibility index (Phi) is 5.31. The van der Waals surface area contributed by atoms with E-state index in [0.29, 0.717) is 0 Å². The van der Waals surface area contributed by atoms with Crippen molar-refractivity contribution in [3.05, 3.63) is 54.4 Å². The lowest BCUT2D eigenvalue weighted by Gasteiger charge is -2.08. The van der Waals surface area contributed by atoms with Crippen molar-refractivity contribution >= 4 is 23.4 Å². The van der Waals surface area contributed by atoms with Gasteiger partial charge in [0.05, 0.1) is 13.6 Å². The van der Waals surface area contributed by atoms with Crippen LogP contribution in [0.3, 0.4) is 0 Å². The third kappa shape index (κ3) is 3.94. The summed E-state index contributed by atoms with van der Waals surface area (Å²) in [4.78, 5) is 5.59. The highest BCUT2D eigenvalue weighted by atomic mass is 32.2. The summed E-state index contributed by atoms with van der Waals surface area (Å²) in [5.41, 5.74) is 11.1. The molecule has 0 aliphatic carbocycles. The molecule has 0 saturated heterocycles. The van der Waals surface area contributed by atoms with E-state index in [1.54, 1.807) is 0 Å². The van der Waals surface area contributed by atoms with Gasteiger partial charge in [-0.05, 0) is 17.4 Å². The SMILES string of the molecule is CCSc1ccc2n(C)c(-c3ccc(CNNC4=NCCN4)cc3)c[n+]2c1. The minimum atomic E-state index is 0.739. The number of hydrazine groups is 1. The quantitative estimate of drug-likeness (QED) is 0.348. The van der Waals surface area contributed by atoms with Crippen molar-refractivity contribution in [2.45, 2.75) is 18.4 Å². The van der Waals surface area contributed by atoms with Crippen molar-refractivity contribution in [1.29, 1.82) is 0 Å². The number of nitrogens with zero attached hydrogens (tertiary/aromatic N) is 3. The van der Waals surface area contributed by atoms with Gasteiger partial charge in [-0.1, -0.05) is 31.2 Å². The summed E-state index contributed by atoms with van der Waals surface area (Å²) < 4.78 is 4.45. The predicted molar refractivity (Wildman–Crippen MR) is 111 cm³/mol. The first-order chi connectivity index (χ1) is 13.2. The zero-order valence-electron chi connectivity index (χ0n) is 15.7. The summed E-state index contributed by atoms with van der Waals surface area (Å²) in [5, 5.41) is 3.17. The summed E-state index contributed by atoms with van der Waals surface area (Å²) in [6.07, 6.45) is 4.41. The smallest absolute Gasteiger partial charge is 0.286 e.